The largest absolute Gasteiger partial charge is 0.496 e. The minimum atomic E-state index is -3.50. The number of carbonyl (C=O) groups excluding carboxylic acids is 1. The maximum atomic E-state index is 13.1. The van der Waals surface area contributed by atoms with Gasteiger partial charge in [-0.05, 0) is 42.7 Å². The summed E-state index contributed by atoms with van der Waals surface area (Å²) in [5, 5.41) is 0. The third-order valence-corrected chi connectivity index (χ3v) is 6.82. The van der Waals surface area contributed by atoms with Crippen molar-refractivity contribution >= 4 is 22.0 Å². The number of methoxy groups -OCH3 is 1. The first-order valence-corrected chi connectivity index (χ1v) is 12.2. The van der Waals surface area contributed by atoms with Crippen LogP contribution in [0.2, 0.25) is 0 Å². The standard InChI is InChI=1S/C24H30N2O5S/c1-3-25-32(28,29)22-13-10-19(11-14-22)12-15-24(27)26(18-21-8-6-16-31-21)17-20-7-4-5-9-23(20)30-2/h4-5,7,9-15,21,25H,3,6,8,16-18H2,1-2H3/b15-12+. The molecule has 0 radical (unpaired) electrons. The first-order chi connectivity index (χ1) is 15.4. The molecule has 2 aromatic carbocycles. The van der Waals surface area contributed by atoms with Crippen molar-refractivity contribution in [3.8, 4) is 5.75 Å². The van der Waals surface area contributed by atoms with E-state index >= 15 is 0 Å². The summed E-state index contributed by atoms with van der Waals surface area (Å²) in [5.41, 5.74) is 1.66. The second kappa shape index (κ2) is 11.3. The molecule has 172 valence electrons. The summed E-state index contributed by atoms with van der Waals surface area (Å²) >= 11 is 0. The zero-order chi connectivity index (χ0) is 23.0. The second-order valence-electron chi connectivity index (χ2n) is 7.57. The molecule has 1 N–H and O–H groups in total. The van der Waals surface area contributed by atoms with Crippen molar-refractivity contribution in [1.82, 2.24) is 9.62 Å². The quantitative estimate of drug-likeness (QED) is 0.553. The number of amides is 1. The van der Waals surface area contributed by atoms with Crippen molar-refractivity contribution in [1.29, 1.82) is 0 Å². The van der Waals surface area contributed by atoms with Crippen molar-refractivity contribution in [3.63, 3.8) is 0 Å². The molecule has 8 heteroatoms. The van der Waals surface area contributed by atoms with Crippen LogP contribution in [0.5, 0.6) is 5.75 Å². The summed E-state index contributed by atoms with van der Waals surface area (Å²) in [7, 11) is -1.89. The third kappa shape index (κ3) is 6.41. The van der Waals surface area contributed by atoms with Crippen molar-refractivity contribution in [2.45, 2.75) is 37.3 Å². The molecule has 1 fully saturated rings. The van der Waals surface area contributed by atoms with E-state index in [-0.39, 0.29) is 16.9 Å². The van der Waals surface area contributed by atoms with E-state index in [1.54, 1.807) is 37.1 Å². The smallest absolute Gasteiger partial charge is 0.246 e. The lowest BCUT2D eigenvalue weighted by atomic mass is 10.1. The van der Waals surface area contributed by atoms with Crippen molar-refractivity contribution < 1.29 is 22.7 Å². The van der Waals surface area contributed by atoms with E-state index in [4.69, 9.17) is 9.47 Å². The average molecular weight is 459 g/mol. The number of carbonyl (C=O) groups is 1. The molecular formula is C24H30N2O5S. The van der Waals surface area contributed by atoms with Crippen LogP contribution in [0, 0.1) is 0 Å². The molecule has 0 aliphatic carbocycles. The number of hydrogen-bond donors (Lipinski definition) is 1. The van der Waals surface area contributed by atoms with Gasteiger partial charge >= 0.3 is 0 Å². The minimum Gasteiger partial charge on any atom is -0.496 e. The number of sulfonamides is 1. The molecule has 0 bridgehead atoms. The van der Waals surface area contributed by atoms with Crippen LogP contribution in [0.4, 0.5) is 0 Å². The zero-order valence-electron chi connectivity index (χ0n) is 18.5. The summed E-state index contributed by atoms with van der Waals surface area (Å²) in [5.74, 6) is 0.592. The molecule has 3 rings (SSSR count). The Hall–Kier alpha value is -2.68. The predicted octanol–water partition coefficient (Wildman–Crippen LogP) is 3.21. The van der Waals surface area contributed by atoms with E-state index < -0.39 is 10.0 Å². The van der Waals surface area contributed by atoms with Gasteiger partial charge in [-0.25, -0.2) is 13.1 Å². The highest BCUT2D eigenvalue weighted by Gasteiger charge is 2.22. The maximum absolute atomic E-state index is 13.1. The molecule has 2 aromatic rings. The summed E-state index contributed by atoms with van der Waals surface area (Å²) in [6, 6.07) is 14.1. The van der Waals surface area contributed by atoms with Gasteiger partial charge in [-0.3, -0.25) is 4.79 Å². The molecule has 1 atom stereocenters. The van der Waals surface area contributed by atoms with Gasteiger partial charge in [0.25, 0.3) is 0 Å². The molecule has 1 unspecified atom stereocenters. The lowest BCUT2D eigenvalue weighted by Gasteiger charge is -2.25. The highest BCUT2D eigenvalue weighted by Crippen LogP contribution is 2.22. The Morgan fingerprint density at radius 2 is 1.97 bits per heavy atom. The minimum absolute atomic E-state index is 0.0256. The van der Waals surface area contributed by atoms with Crippen LogP contribution in [-0.4, -0.2) is 52.1 Å². The van der Waals surface area contributed by atoms with Crippen LogP contribution < -0.4 is 9.46 Å². The maximum Gasteiger partial charge on any atom is 0.246 e. The number of nitrogens with one attached hydrogen (secondary N) is 1. The number of benzene rings is 2. The lowest BCUT2D eigenvalue weighted by molar-refractivity contribution is -0.128. The van der Waals surface area contributed by atoms with Crippen molar-refractivity contribution in [2.24, 2.45) is 0 Å². The Kier molecular flexibility index (Phi) is 8.44. The van der Waals surface area contributed by atoms with Crippen LogP contribution in [0.25, 0.3) is 6.08 Å². The molecule has 1 aliphatic rings. The Bertz CT molecular complexity index is 1030. The van der Waals surface area contributed by atoms with E-state index in [0.29, 0.717) is 19.6 Å². The topological polar surface area (TPSA) is 84.9 Å². The first kappa shape index (κ1) is 24.0. The highest BCUT2D eigenvalue weighted by molar-refractivity contribution is 7.89. The van der Waals surface area contributed by atoms with E-state index in [1.807, 2.05) is 24.3 Å². The Balaban J connectivity index is 1.74. The van der Waals surface area contributed by atoms with Crippen LogP contribution in [0.1, 0.15) is 30.9 Å². The summed E-state index contributed by atoms with van der Waals surface area (Å²) < 4.78 is 37.8. The molecule has 32 heavy (non-hydrogen) atoms. The SMILES string of the molecule is CCNS(=O)(=O)c1ccc(/C=C/C(=O)N(Cc2ccccc2OC)CC2CCCO2)cc1. The molecule has 0 saturated carbocycles. The Morgan fingerprint density at radius 1 is 1.22 bits per heavy atom. The highest BCUT2D eigenvalue weighted by atomic mass is 32.2. The zero-order valence-corrected chi connectivity index (χ0v) is 19.3. The Labute approximate surface area is 190 Å². The van der Waals surface area contributed by atoms with Crippen LogP contribution in [0.3, 0.4) is 0 Å². The van der Waals surface area contributed by atoms with E-state index in [1.165, 1.54) is 18.2 Å². The molecule has 7 nitrogen and oxygen atoms in total. The molecule has 0 aromatic heterocycles. The van der Waals surface area contributed by atoms with Gasteiger partial charge in [-0.15, -0.1) is 0 Å². The fourth-order valence-corrected chi connectivity index (χ4v) is 4.65. The molecule has 1 heterocycles. The number of para-hydroxylation sites is 1. The number of ether oxygens (including phenoxy) is 2. The van der Waals surface area contributed by atoms with Gasteiger partial charge < -0.3 is 14.4 Å². The first-order valence-electron chi connectivity index (χ1n) is 10.7. The van der Waals surface area contributed by atoms with E-state index in [0.717, 1.165) is 36.3 Å². The van der Waals surface area contributed by atoms with Crippen molar-refractivity contribution in [3.05, 3.63) is 65.7 Å². The van der Waals surface area contributed by atoms with Gasteiger partial charge in [0.05, 0.1) is 18.1 Å². The van der Waals surface area contributed by atoms with E-state index in [9.17, 15) is 13.2 Å². The van der Waals surface area contributed by atoms with Crippen LogP contribution in [0.15, 0.2) is 59.5 Å². The molecule has 0 spiro atoms. The second-order valence-corrected chi connectivity index (χ2v) is 9.34. The normalized spacial score (nSPS) is 16.4. The molecular weight excluding hydrogens is 428 g/mol. The summed E-state index contributed by atoms with van der Waals surface area (Å²) in [6.45, 7) is 3.69. The predicted molar refractivity (Wildman–Crippen MR) is 124 cm³/mol. The summed E-state index contributed by atoms with van der Waals surface area (Å²) in [4.78, 5) is 15.0. The van der Waals surface area contributed by atoms with Gasteiger partial charge in [0.2, 0.25) is 15.9 Å². The summed E-state index contributed by atoms with van der Waals surface area (Å²) in [6.07, 6.45) is 5.16. The fourth-order valence-electron chi connectivity index (χ4n) is 3.61. The number of hydrogen-bond acceptors (Lipinski definition) is 5. The van der Waals surface area contributed by atoms with Crippen molar-refractivity contribution in [2.75, 3.05) is 26.8 Å². The van der Waals surface area contributed by atoms with E-state index in [2.05, 4.69) is 4.72 Å². The molecule has 1 saturated heterocycles. The van der Waals surface area contributed by atoms with Gasteiger partial charge in [0, 0.05) is 37.9 Å². The lowest BCUT2D eigenvalue weighted by Crippen LogP contribution is -2.36. The van der Waals surface area contributed by atoms with Crippen LogP contribution >= 0.6 is 0 Å². The fraction of sp³-hybridized carbons (Fsp3) is 0.375. The third-order valence-electron chi connectivity index (χ3n) is 5.26. The monoisotopic (exact) mass is 458 g/mol. The van der Waals surface area contributed by atoms with Gasteiger partial charge in [-0.1, -0.05) is 37.3 Å². The van der Waals surface area contributed by atoms with Gasteiger partial charge in [-0.2, -0.15) is 0 Å². The number of rotatable bonds is 10. The average Bonchev–Trinajstić information content (AvgIpc) is 3.31. The molecule has 1 amide bonds. The number of nitrogens with zero attached hydrogens (tertiary/aromatic N) is 1. The van der Waals surface area contributed by atoms with Gasteiger partial charge in [0.1, 0.15) is 5.75 Å². The molecule has 1 aliphatic heterocycles. The van der Waals surface area contributed by atoms with Crippen LogP contribution in [-0.2, 0) is 26.1 Å². The Morgan fingerprint density at radius 3 is 2.62 bits per heavy atom. The van der Waals surface area contributed by atoms with Gasteiger partial charge in [0.15, 0.2) is 0 Å².